The van der Waals surface area contributed by atoms with Crippen LogP contribution in [0.25, 0.3) is 0 Å². The second-order valence-corrected chi connectivity index (χ2v) is 9.40. The van der Waals surface area contributed by atoms with Gasteiger partial charge >= 0.3 is 16.6 Å². The summed E-state index contributed by atoms with van der Waals surface area (Å²) in [6.07, 6.45) is -4.95. The standard InChI is InChI=1S/C18H12Cl2F6N2O5S/c19-12-5-11(16(29)27-34(30,31)28-7-17(22,23)8-28)14(21)3-9(12)6-32-10-1-2-15(13(20)4-10)33-18(24,25)26/h1-5H,6-8H2,(H,27,29). The van der Waals surface area contributed by atoms with Crippen LogP contribution >= 0.6 is 23.2 Å². The number of benzene rings is 2. The van der Waals surface area contributed by atoms with Crippen LogP contribution in [-0.4, -0.2) is 44.0 Å². The Balaban J connectivity index is 1.67. The van der Waals surface area contributed by atoms with Crippen molar-refractivity contribution < 1.29 is 49.0 Å². The fraction of sp³-hybridized carbons (Fsp3) is 0.278. The molecular formula is C18H12Cl2F6N2O5S. The van der Waals surface area contributed by atoms with E-state index in [1.807, 2.05) is 0 Å². The molecule has 1 aliphatic rings. The van der Waals surface area contributed by atoms with E-state index in [0.29, 0.717) is 4.31 Å². The fourth-order valence-electron chi connectivity index (χ4n) is 2.69. The minimum Gasteiger partial charge on any atom is -0.489 e. The molecule has 2 aromatic carbocycles. The average Bonchev–Trinajstić information content (AvgIpc) is 2.67. The highest BCUT2D eigenvalue weighted by Crippen LogP contribution is 2.33. The summed E-state index contributed by atoms with van der Waals surface area (Å²) in [4.78, 5) is 12.2. The van der Waals surface area contributed by atoms with Crippen molar-refractivity contribution in [2.75, 3.05) is 13.1 Å². The zero-order valence-electron chi connectivity index (χ0n) is 16.4. The number of alkyl halides is 5. The van der Waals surface area contributed by atoms with Crippen LogP contribution in [0.1, 0.15) is 15.9 Å². The molecule has 0 saturated carbocycles. The van der Waals surface area contributed by atoms with Crippen molar-refractivity contribution in [2.24, 2.45) is 0 Å². The highest BCUT2D eigenvalue weighted by Gasteiger charge is 2.50. The Morgan fingerprint density at radius 1 is 1.12 bits per heavy atom. The third-order valence-electron chi connectivity index (χ3n) is 4.28. The molecule has 0 radical (unpaired) electrons. The first-order valence-corrected chi connectivity index (χ1v) is 11.1. The van der Waals surface area contributed by atoms with Crippen LogP contribution in [0.3, 0.4) is 0 Å². The van der Waals surface area contributed by atoms with Gasteiger partial charge in [0, 0.05) is 16.7 Å². The molecule has 186 valence electrons. The molecule has 1 heterocycles. The van der Waals surface area contributed by atoms with Gasteiger partial charge in [-0.2, -0.15) is 12.7 Å². The Hall–Kier alpha value is -2.42. The number of ether oxygens (including phenoxy) is 2. The van der Waals surface area contributed by atoms with E-state index in [2.05, 4.69) is 4.74 Å². The van der Waals surface area contributed by atoms with Gasteiger partial charge in [-0.3, -0.25) is 4.79 Å². The molecule has 0 unspecified atom stereocenters. The Bertz CT molecular complexity index is 1220. The number of hydrogen-bond acceptors (Lipinski definition) is 5. The molecule has 1 amide bonds. The third kappa shape index (κ3) is 6.37. The number of carbonyl (C=O) groups is 1. The molecule has 0 atom stereocenters. The number of rotatable bonds is 7. The molecule has 0 spiro atoms. The van der Waals surface area contributed by atoms with Gasteiger partial charge in [0.25, 0.3) is 11.8 Å². The van der Waals surface area contributed by atoms with E-state index in [1.165, 1.54) is 4.72 Å². The molecular weight excluding hydrogens is 541 g/mol. The third-order valence-corrected chi connectivity index (χ3v) is 6.31. The van der Waals surface area contributed by atoms with Crippen LogP contribution < -0.4 is 14.2 Å². The van der Waals surface area contributed by atoms with Crippen LogP contribution in [0.4, 0.5) is 26.3 Å². The normalized spacial score (nSPS) is 16.0. The van der Waals surface area contributed by atoms with E-state index in [4.69, 9.17) is 27.9 Å². The van der Waals surface area contributed by atoms with Gasteiger partial charge in [-0.25, -0.2) is 17.9 Å². The lowest BCUT2D eigenvalue weighted by Crippen LogP contribution is -2.61. The average molecular weight is 553 g/mol. The quantitative estimate of drug-likeness (QED) is 0.510. The van der Waals surface area contributed by atoms with Crippen molar-refractivity contribution in [1.82, 2.24) is 9.03 Å². The molecule has 1 saturated heterocycles. The molecule has 0 aliphatic carbocycles. The van der Waals surface area contributed by atoms with Gasteiger partial charge in [-0.05, 0) is 24.3 Å². The van der Waals surface area contributed by atoms with E-state index in [0.717, 1.165) is 30.3 Å². The van der Waals surface area contributed by atoms with Crippen LogP contribution in [0.2, 0.25) is 10.0 Å². The van der Waals surface area contributed by atoms with E-state index >= 15 is 0 Å². The predicted octanol–water partition coefficient (Wildman–Crippen LogP) is 4.54. The van der Waals surface area contributed by atoms with Crippen molar-refractivity contribution >= 4 is 39.3 Å². The zero-order chi connectivity index (χ0) is 25.5. The maximum absolute atomic E-state index is 14.4. The van der Waals surface area contributed by atoms with Gasteiger partial charge in [-0.1, -0.05) is 23.2 Å². The first-order chi connectivity index (χ1) is 15.6. The van der Waals surface area contributed by atoms with Gasteiger partial charge in [0.1, 0.15) is 23.9 Å². The monoisotopic (exact) mass is 552 g/mol. The Morgan fingerprint density at radius 2 is 1.76 bits per heavy atom. The summed E-state index contributed by atoms with van der Waals surface area (Å²) >= 11 is 11.7. The van der Waals surface area contributed by atoms with Crippen molar-refractivity contribution in [1.29, 1.82) is 0 Å². The van der Waals surface area contributed by atoms with Crippen molar-refractivity contribution in [2.45, 2.75) is 18.9 Å². The number of nitrogens with zero attached hydrogens (tertiary/aromatic N) is 1. The minimum atomic E-state index is -4.95. The van der Waals surface area contributed by atoms with Crippen molar-refractivity contribution in [3.63, 3.8) is 0 Å². The molecule has 0 aromatic heterocycles. The van der Waals surface area contributed by atoms with Crippen LogP contribution in [0.15, 0.2) is 30.3 Å². The van der Waals surface area contributed by atoms with Gasteiger partial charge in [0.15, 0.2) is 0 Å². The number of nitrogens with one attached hydrogen (secondary N) is 1. The predicted molar refractivity (Wildman–Crippen MR) is 107 cm³/mol. The molecule has 2 aromatic rings. The molecule has 1 aliphatic heterocycles. The first-order valence-electron chi connectivity index (χ1n) is 8.92. The molecule has 34 heavy (non-hydrogen) atoms. The molecule has 1 fully saturated rings. The second-order valence-electron chi connectivity index (χ2n) is 6.91. The summed E-state index contributed by atoms with van der Waals surface area (Å²) in [5, 5.41) is -0.636. The summed E-state index contributed by atoms with van der Waals surface area (Å²) in [5.41, 5.74) is -0.783. The Morgan fingerprint density at radius 3 is 2.32 bits per heavy atom. The van der Waals surface area contributed by atoms with Gasteiger partial charge in [-0.15, -0.1) is 13.2 Å². The molecule has 0 bridgehead atoms. The summed E-state index contributed by atoms with van der Waals surface area (Å²) in [7, 11) is -4.62. The largest absolute Gasteiger partial charge is 0.573 e. The van der Waals surface area contributed by atoms with Crippen LogP contribution in [0.5, 0.6) is 11.5 Å². The molecule has 3 rings (SSSR count). The summed E-state index contributed by atoms with van der Waals surface area (Å²) < 4.78 is 112. The van der Waals surface area contributed by atoms with Gasteiger partial charge in [0.05, 0.1) is 23.7 Å². The lowest BCUT2D eigenvalue weighted by Gasteiger charge is -2.37. The highest BCUT2D eigenvalue weighted by molar-refractivity contribution is 7.87. The maximum atomic E-state index is 14.4. The lowest BCUT2D eigenvalue weighted by molar-refractivity contribution is -0.274. The smallest absolute Gasteiger partial charge is 0.489 e. The van der Waals surface area contributed by atoms with E-state index in [1.54, 1.807) is 0 Å². The maximum Gasteiger partial charge on any atom is 0.573 e. The summed E-state index contributed by atoms with van der Waals surface area (Å²) in [5.74, 6) is -6.54. The van der Waals surface area contributed by atoms with E-state index < -0.39 is 70.3 Å². The van der Waals surface area contributed by atoms with Crippen LogP contribution in [-0.2, 0) is 16.8 Å². The molecule has 1 N–H and O–H groups in total. The topological polar surface area (TPSA) is 84.9 Å². The second kappa shape index (κ2) is 9.32. The lowest BCUT2D eigenvalue weighted by atomic mass is 10.1. The van der Waals surface area contributed by atoms with Gasteiger partial charge in [0.2, 0.25) is 0 Å². The SMILES string of the molecule is O=C(NS(=O)(=O)N1CC(F)(F)C1)c1cc(Cl)c(COc2ccc(OC(F)(F)F)c(Cl)c2)cc1F. The highest BCUT2D eigenvalue weighted by atomic mass is 35.5. The van der Waals surface area contributed by atoms with Crippen molar-refractivity contribution in [3.05, 3.63) is 57.3 Å². The minimum absolute atomic E-state index is 0.00676. The number of amides is 1. The Labute approximate surface area is 198 Å². The van der Waals surface area contributed by atoms with Gasteiger partial charge < -0.3 is 9.47 Å². The molecule has 7 nitrogen and oxygen atoms in total. The summed E-state index contributed by atoms with van der Waals surface area (Å²) in [6, 6.07) is 4.58. The number of carbonyl (C=O) groups excluding carboxylic acids is 1. The van der Waals surface area contributed by atoms with Crippen LogP contribution in [0, 0.1) is 5.82 Å². The van der Waals surface area contributed by atoms with E-state index in [-0.39, 0.29) is 16.3 Å². The molecule has 16 heteroatoms. The fourth-order valence-corrected chi connectivity index (χ4v) is 4.31. The first kappa shape index (κ1) is 26.2. The number of halogens is 8. The van der Waals surface area contributed by atoms with Crippen molar-refractivity contribution in [3.8, 4) is 11.5 Å². The summed E-state index contributed by atoms with van der Waals surface area (Å²) in [6.45, 7) is -2.65. The Kier molecular flexibility index (Phi) is 7.18. The zero-order valence-corrected chi connectivity index (χ0v) is 18.8. The van der Waals surface area contributed by atoms with E-state index in [9.17, 15) is 39.6 Å². The number of hydrogen-bond donors (Lipinski definition) is 1.